The van der Waals surface area contributed by atoms with Crippen molar-refractivity contribution >= 4 is 0 Å². The molecule has 2 heterocycles. The van der Waals surface area contributed by atoms with Crippen LogP contribution in [0.2, 0.25) is 0 Å². The fourth-order valence-electron chi connectivity index (χ4n) is 2.43. The van der Waals surface area contributed by atoms with Gasteiger partial charge >= 0.3 is 0 Å². The number of aliphatic hydroxyl groups is 1. The van der Waals surface area contributed by atoms with Crippen LogP contribution in [0.5, 0.6) is 0 Å². The van der Waals surface area contributed by atoms with E-state index in [1.54, 1.807) is 0 Å². The molecule has 1 atom stereocenters. The summed E-state index contributed by atoms with van der Waals surface area (Å²) >= 11 is 0. The van der Waals surface area contributed by atoms with Crippen molar-refractivity contribution in [2.45, 2.75) is 25.8 Å². The first-order valence-corrected chi connectivity index (χ1v) is 6.17. The number of aryl methyl sites for hydroxylation is 1. The highest BCUT2D eigenvalue weighted by molar-refractivity contribution is 4.77. The van der Waals surface area contributed by atoms with Crippen LogP contribution in [-0.4, -0.2) is 45.8 Å². The van der Waals surface area contributed by atoms with Crippen LogP contribution >= 0.6 is 0 Å². The molecule has 0 aliphatic carbocycles. The van der Waals surface area contributed by atoms with E-state index in [1.807, 2.05) is 18.7 Å². The molecule has 0 spiro atoms. The van der Waals surface area contributed by atoms with Crippen molar-refractivity contribution in [2.24, 2.45) is 5.92 Å². The first-order valence-electron chi connectivity index (χ1n) is 6.17. The predicted octanol–water partition coefficient (Wildman–Crippen LogP) is 0.977. The second-order valence-corrected chi connectivity index (χ2v) is 4.62. The highest BCUT2D eigenvalue weighted by Gasteiger charge is 2.20. The van der Waals surface area contributed by atoms with E-state index < -0.39 is 0 Å². The van der Waals surface area contributed by atoms with Gasteiger partial charge in [-0.25, -0.2) is 4.98 Å². The third kappa shape index (κ3) is 3.32. The normalized spacial score (nSPS) is 21.7. The first kappa shape index (κ1) is 11.6. The van der Waals surface area contributed by atoms with E-state index >= 15 is 0 Å². The third-order valence-corrected chi connectivity index (χ3v) is 3.36. The van der Waals surface area contributed by atoms with Crippen LogP contribution in [0.15, 0.2) is 18.7 Å². The molecule has 1 aliphatic heterocycles. The molecule has 1 aromatic rings. The van der Waals surface area contributed by atoms with Crippen LogP contribution in [0.3, 0.4) is 0 Å². The lowest BCUT2D eigenvalue weighted by atomic mass is 10.1. The number of likely N-dealkylation sites (tertiary alicyclic amines) is 1. The summed E-state index contributed by atoms with van der Waals surface area (Å²) in [4.78, 5) is 6.54. The highest BCUT2D eigenvalue weighted by Crippen LogP contribution is 2.19. The Kier molecular flexibility index (Phi) is 4.36. The second-order valence-electron chi connectivity index (χ2n) is 4.62. The lowest BCUT2D eigenvalue weighted by Crippen LogP contribution is -2.23. The van der Waals surface area contributed by atoms with Gasteiger partial charge in [-0.1, -0.05) is 0 Å². The number of nitrogens with zero attached hydrogens (tertiary/aromatic N) is 3. The minimum Gasteiger partial charge on any atom is -0.396 e. The second kappa shape index (κ2) is 6.01. The molecule has 1 fully saturated rings. The monoisotopic (exact) mass is 223 g/mol. The molecule has 1 N–H and O–H groups in total. The maximum atomic E-state index is 8.89. The van der Waals surface area contributed by atoms with Crippen molar-refractivity contribution < 1.29 is 5.11 Å². The number of hydrogen-bond donors (Lipinski definition) is 1. The zero-order chi connectivity index (χ0) is 11.2. The molecule has 1 aliphatic rings. The minimum atomic E-state index is 0.341. The Morgan fingerprint density at radius 2 is 2.31 bits per heavy atom. The highest BCUT2D eigenvalue weighted by atomic mass is 16.3. The fourth-order valence-corrected chi connectivity index (χ4v) is 2.43. The Hall–Kier alpha value is -0.870. The zero-order valence-electron chi connectivity index (χ0n) is 9.76. The van der Waals surface area contributed by atoms with Gasteiger partial charge in [-0.3, -0.25) is 0 Å². The molecule has 0 amide bonds. The molecule has 1 aromatic heterocycles. The quantitative estimate of drug-likeness (QED) is 0.781. The molecule has 1 unspecified atom stereocenters. The number of hydrogen-bond acceptors (Lipinski definition) is 3. The van der Waals surface area contributed by atoms with E-state index in [2.05, 4.69) is 14.5 Å². The molecule has 0 radical (unpaired) electrons. The van der Waals surface area contributed by atoms with Gasteiger partial charge in [-0.15, -0.1) is 0 Å². The molecule has 0 saturated carbocycles. The van der Waals surface area contributed by atoms with Gasteiger partial charge in [0.1, 0.15) is 0 Å². The number of aliphatic hydroxyl groups excluding tert-OH is 1. The van der Waals surface area contributed by atoms with Gasteiger partial charge in [0.15, 0.2) is 0 Å². The van der Waals surface area contributed by atoms with Gasteiger partial charge in [0, 0.05) is 32.1 Å². The van der Waals surface area contributed by atoms with Crippen LogP contribution in [0, 0.1) is 5.92 Å². The van der Waals surface area contributed by atoms with Crippen molar-refractivity contribution in [3.8, 4) is 0 Å². The van der Waals surface area contributed by atoms with Crippen molar-refractivity contribution in [3.63, 3.8) is 0 Å². The molecule has 4 heteroatoms. The summed E-state index contributed by atoms with van der Waals surface area (Å²) in [7, 11) is 0. The Bertz CT molecular complexity index is 286. The Balaban J connectivity index is 1.60. The van der Waals surface area contributed by atoms with Crippen molar-refractivity contribution in [1.29, 1.82) is 0 Å². The van der Waals surface area contributed by atoms with Crippen molar-refractivity contribution in [1.82, 2.24) is 14.5 Å². The molecule has 0 aromatic carbocycles. The first-order chi connectivity index (χ1) is 7.88. The zero-order valence-corrected chi connectivity index (χ0v) is 9.76. The summed E-state index contributed by atoms with van der Waals surface area (Å²) in [6.07, 6.45) is 9.12. The summed E-state index contributed by atoms with van der Waals surface area (Å²) < 4.78 is 2.13. The standard InChI is InChI=1S/C12H21N3O/c16-9-3-12-2-7-14(10-12)5-1-6-15-8-4-13-11-15/h4,8,11-12,16H,1-3,5-7,9-10H2. The maximum Gasteiger partial charge on any atom is 0.0945 e. The van der Waals surface area contributed by atoms with Crippen molar-refractivity contribution in [2.75, 3.05) is 26.2 Å². The fraction of sp³-hybridized carbons (Fsp3) is 0.750. The van der Waals surface area contributed by atoms with E-state index in [-0.39, 0.29) is 0 Å². The van der Waals surface area contributed by atoms with E-state index in [0.717, 1.165) is 18.9 Å². The number of imidazole rings is 1. The van der Waals surface area contributed by atoms with Gasteiger partial charge in [0.25, 0.3) is 0 Å². The summed E-state index contributed by atoms with van der Waals surface area (Å²) in [6, 6.07) is 0. The Labute approximate surface area is 96.9 Å². The number of rotatable bonds is 6. The van der Waals surface area contributed by atoms with Gasteiger partial charge in [0.2, 0.25) is 0 Å². The van der Waals surface area contributed by atoms with Gasteiger partial charge in [-0.2, -0.15) is 0 Å². The molecule has 4 nitrogen and oxygen atoms in total. The predicted molar refractivity (Wildman–Crippen MR) is 63.1 cm³/mol. The van der Waals surface area contributed by atoms with Crippen LogP contribution in [-0.2, 0) is 6.54 Å². The lowest BCUT2D eigenvalue weighted by Gasteiger charge is -2.15. The summed E-state index contributed by atoms with van der Waals surface area (Å²) in [5, 5.41) is 8.89. The summed E-state index contributed by atoms with van der Waals surface area (Å²) in [5.41, 5.74) is 0. The maximum absolute atomic E-state index is 8.89. The summed E-state index contributed by atoms with van der Waals surface area (Å²) in [6.45, 7) is 4.94. The van der Waals surface area contributed by atoms with E-state index in [9.17, 15) is 0 Å². The van der Waals surface area contributed by atoms with Crippen LogP contribution < -0.4 is 0 Å². The van der Waals surface area contributed by atoms with Crippen LogP contribution in [0.4, 0.5) is 0 Å². The number of aromatic nitrogens is 2. The molecule has 0 bridgehead atoms. The molecular formula is C12H21N3O. The lowest BCUT2D eigenvalue weighted by molar-refractivity contribution is 0.249. The van der Waals surface area contributed by atoms with Crippen molar-refractivity contribution in [3.05, 3.63) is 18.7 Å². The van der Waals surface area contributed by atoms with E-state index in [1.165, 1.54) is 32.5 Å². The van der Waals surface area contributed by atoms with Gasteiger partial charge < -0.3 is 14.6 Å². The summed E-state index contributed by atoms with van der Waals surface area (Å²) in [5.74, 6) is 0.721. The third-order valence-electron chi connectivity index (χ3n) is 3.36. The average Bonchev–Trinajstić information content (AvgIpc) is 2.90. The Morgan fingerprint density at radius 3 is 3.06 bits per heavy atom. The largest absolute Gasteiger partial charge is 0.396 e. The minimum absolute atomic E-state index is 0.341. The topological polar surface area (TPSA) is 41.3 Å². The van der Waals surface area contributed by atoms with Gasteiger partial charge in [-0.05, 0) is 38.3 Å². The molecule has 16 heavy (non-hydrogen) atoms. The Morgan fingerprint density at radius 1 is 1.38 bits per heavy atom. The SMILES string of the molecule is OCCC1CCN(CCCn2ccnc2)C1. The average molecular weight is 223 g/mol. The van der Waals surface area contributed by atoms with Crippen LogP contribution in [0.1, 0.15) is 19.3 Å². The molecule has 90 valence electrons. The molecule has 1 saturated heterocycles. The smallest absolute Gasteiger partial charge is 0.0945 e. The van der Waals surface area contributed by atoms with E-state index in [0.29, 0.717) is 6.61 Å². The van der Waals surface area contributed by atoms with Gasteiger partial charge in [0.05, 0.1) is 6.33 Å². The molecule has 2 rings (SSSR count). The van der Waals surface area contributed by atoms with Crippen LogP contribution in [0.25, 0.3) is 0 Å². The van der Waals surface area contributed by atoms with E-state index in [4.69, 9.17) is 5.11 Å². The molecular weight excluding hydrogens is 202 g/mol.